The highest BCUT2D eigenvalue weighted by Crippen LogP contribution is 2.26. The molecule has 0 unspecified atom stereocenters. The van der Waals surface area contributed by atoms with Crippen molar-refractivity contribution in [2.24, 2.45) is 0 Å². The standard InChI is InChI=1S/C17H18N2O2/c20-17(8-11-21-16-4-2-1-3-5-16)19-12-15(13-19)14-6-9-18-10-7-14/h1-7,9-10,15H,8,11-13H2. The molecule has 0 aliphatic carbocycles. The topological polar surface area (TPSA) is 42.4 Å². The summed E-state index contributed by atoms with van der Waals surface area (Å²) in [6, 6.07) is 13.6. The second-order valence-corrected chi connectivity index (χ2v) is 5.19. The number of rotatable bonds is 5. The van der Waals surface area contributed by atoms with Crippen molar-refractivity contribution in [1.82, 2.24) is 9.88 Å². The number of amides is 1. The number of para-hydroxylation sites is 1. The van der Waals surface area contributed by atoms with E-state index in [1.165, 1.54) is 5.56 Å². The van der Waals surface area contributed by atoms with Crippen LogP contribution in [0.3, 0.4) is 0 Å². The minimum Gasteiger partial charge on any atom is -0.493 e. The van der Waals surface area contributed by atoms with Gasteiger partial charge in [-0.05, 0) is 29.8 Å². The lowest BCUT2D eigenvalue weighted by atomic mass is 9.92. The third kappa shape index (κ3) is 3.40. The van der Waals surface area contributed by atoms with Gasteiger partial charge in [-0.15, -0.1) is 0 Å². The number of ether oxygens (including phenoxy) is 1. The Bertz CT molecular complexity index is 580. The molecule has 1 aliphatic rings. The first-order chi connectivity index (χ1) is 10.3. The maximum atomic E-state index is 12.0. The molecule has 1 aromatic heterocycles. The summed E-state index contributed by atoms with van der Waals surface area (Å²) in [5, 5.41) is 0. The number of likely N-dealkylation sites (tertiary alicyclic amines) is 1. The van der Waals surface area contributed by atoms with Crippen LogP contribution in [0.5, 0.6) is 5.75 Å². The van der Waals surface area contributed by atoms with Gasteiger partial charge in [0.25, 0.3) is 0 Å². The summed E-state index contributed by atoms with van der Waals surface area (Å²) in [5.74, 6) is 1.42. The molecule has 108 valence electrons. The summed E-state index contributed by atoms with van der Waals surface area (Å²) in [4.78, 5) is 17.9. The van der Waals surface area contributed by atoms with Gasteiger partial charge in [-0.3, -0.25) is 9.78 Å². The lowest BCUT2D eigenvalue weighted by Crippen LogP contribution is -2.48. The van der Waals surface area contributed by atoms with Crippen molar-refractivity contribution >= 4 is 5.91 Å². The van der Waals surface area contributed by atoms with Crippen molar-refractivity contribution in [3.05, 3.63) is 60.4 Å². The Morgan fingerprint density at radius 2 is 1.86 bits per heavy atom. The van der Waals surface area contributed by atoms with Crippen molar-refractivity contribution in [2.75, 3.05) is 19.7 Å². The molecule has 4 heteroatoms. The highest BCUT2D eigenvalue weighted by atomic mass is 16.5. The zero-order valence-electron chi connectivity index (χ0n) is 11.8. The molecule has 1 amide bonds. The monoisotopic (exact) mass is 282 g/mol. The number of carbonyl (C=O) groups is 1. The predicted molar refractivity (Wildman–Crippen MR) is 80.1 cm³/mol. The van der Waals surface area contributed by atoms with Gasteiger partial charge in [0.2, 0.25) is 5.91 Å². The molecule has 1 saturated heterocycles. The minimum absolute atomic E-state index is 0.163. The van der Waals surface area contributed by atoms with E-state index in [4.69, 9.17) is 4.74 Å². The van der Waals surface area contributed by atoms with Crippen molar-refractivity contribution in [2.45, 2.75) is 12.3 Å². The van der Waals surface area contributed by atoms with Gasteiger partial charge in [-0.1, -0.05) is 18.2 Å². The average Bonchev–Trinajstić information content (AvgIpc) is 2.48. The van der Waals surface area contributed by atoms with E-state index < -0.39 is 0 Å². The summed E-state index contributed by atoms with van der Waals surface area (Å²) in [7, 11) is 0. The van der Waals surface area contributed by atoms with E-state index in [9.17, 15) is 4.79 Å². The van der Waals surface area contributed by atoms with Gasteiger partial charge in [-0.2, -0.15) is 0 Å². The summed E-state index contributed by atoms with van der Waals surface area (Å²) >= 11 is 0. The molecule has 3 rings (SSSR count). The lowest BCUT2D eigenvalue weighted by molar-refractivity contribution is -0.136. The maximum absolute atomic E-state index is 12.0. The Morgan fingerprint density at radius 3 is 2.57 bits per heavy atom. The van der Waals surface area contributed by atoms with Crippen LogP contribution in [0.15, 0.2) is 54.9 Å². The van der Waals surface area contributed by atoms with E-state index in [1.54, 1.807) is 12.4 Å². The number of aromatic nitrogens is 1. The second kappa shape index (κ2) is 6.39. The van der Waals surface area contributed by atoms with Gasteiger partial charge in [0.1, 0.15) is 5.75 Å². The average molecular weight is 282 g/mol. The normalized spacial score (nSPS) is 14.6. The highest BCUT2D eigenvalue weighted by molar-refractivity contribution is 5.77. The fourth-order valence-corrected chi connectivity index (χ4v) is 2.46. The fourth-order valence-electron chi connectivity index (χ4n) is 2.46. The van der Waals surface area contributed by atoms with E-state index >= 15 is 0 Å². The van der Waals surface area contributed by atoms with Crippen LogP contribution >= 0.6 is 0 Å². The molecule has 0 bridgehead atoms. The largest absolute Gasteiger partial charge is 0.493 e. The highest BCUT2D eigenvalue weighted by Gasteiger charge is 2.31. The van der Waals surface area contributed by atoms with E-state index in [0.717, 1.165) is 18.8 Å². The third-order valence-corrected chi connectivity index (χ3v) is 3.74. The number of hydrogen-bond acceptors (Lipinski definition) is 3. The van der Waals surface area contributed by atoms with Crippen molar-refractivity contribution in [3.8, 4) is 5.75 Å². The molecule has 0 spiro atoms. The van der Waals surface area contributed by atoms with Crippen molar-refractivity contribution in [3.63, 3.8) is 0 Å². The first kappa shape index (κ1) is 13.6. The summed E-state index contributed by atoms with van der Waals surface area (Å²) in [5.41, 5.74) is 1.26. The van der Waals surface area contributed by atoms with Crippen LogP contribution in [0.25, 0.3) is 0 Å². The first-order valence-electron chi connectivity index (χ1n) is 7.18. The van der Waals surface area contributed by atoms with Crippen LogP contribution < -0.4 is 4.74 Å². The molecular formula is C17H18N2O2. The summed E-state index contributed by atoms with van der Waals surface area (Å²) < 4.78 is 5.55. The summed E-state index contributed by atoms with van der Waals surface area (Å²) in [6.07, 6.45) is 4.03. The Labute approximate surface area is 124 Å². The van der Waals surface area contributed by atoms with E-state index in [-0.39, 0.29) is 5.91 Å². The fraction of sp³-hybridized carbons (Fsp3) is 0.294. The van der Waals surface area contributed by atoms with Gasteiger partial charge in [0.05, 0.1) is 13.0 Å². The molecule has 0 atom stereocenters. The number of hydrogen-bond donors (Lipinski definition) is 0. The van der Waals surface area contributed by atoms with Gasteiger partial charge in [-0.25, -0.2) is 0 Å². The second-order valence-electron chi connectivity index (χ2n) is 5.19. The molecule has 0 radical (unpaired) electrons. The van der Waals surface area contributed by atoms with E-state index in [0.29, 0.717) is 18.9 Å². The number of carbonyl (C=O) groups excluding carboxylic acids is 1. The van der Waals surface area contributed by atoms with Crippen LogP contribution in [0.2, 0.25) is 0 Å². The minimum atomic E-state index is 0.163. The quantitative estimate of drug-likeness (QED) is 0.846. The molecule has 1 aromatic carbocycles. The Hall–Kier alpha value is -2.36. The van der Waals surface area contributed by atoms with Crippen LogP contribution in [0, 0.1) is 0 Å². The molecule has 4 nitrogen and oxygen atoms in total. The Morgan fingerprint density at radius 1 is 1.14 bits per heavy atom. The Balaban J connectivity index is 1.40. The SMILES string of the molecule is O=C(CCOc1ccccc1)N1CC(c2ccncc2)C1. The molecule has 21 heavy (non-hydrogen) atoms. The van der Waals surface area contributed by atoms with Crippen LogP contribution in [-0.4, -0.2) is 35.5 Å². The van der Waals surface area contributed by atoms with Gasteiger partial charge >= 0.3 is 0 Å². The van der Waals surface area contributed by atoms with Crippen LogP contribution in [0.4, 0.5) is 0 Å². The Kier molecular flexibility index (Phi) is 4.15. The van der Waals surface area contributed by atoms with Crippen molar-refractivity contribution < 1.29 is 9.53 Å². The molecule has 0 saturated carbocycles. The summed E-state index contributed by atoms with van der Waals surface area (Å²) in [6.45, 7) is 2.03. The van der Waals surface area contributed by atoms with Gasteiger partial charge in [0.15, 0.2) is 0 Å². The van der Waals surface area contributed by atoms with Crippen LogP contribution in [0.1, 0.15) is 17.9 Å². The number of benzene rings is 1. The zero-order valence-corrected chi connectivity index (χ0v) is 11.8. The zero-order chi connectivity index (χ0) is 14.5. The molecule has 1 aliphatic heterocycles. The van der Waals surface area contributed by atoms with Crippen molar-refractivity contribution in [1.29, 1.82) is 0 Å². The third-order valence-electron chi connectivity index (χ3n) is 3.74. The van der Waals surface area contributed by atoms with Gasteiger partial charge in [0, 0.05) is 31.4 Å². The molecule has 2 heterocycles. The van der Waals surface area contributed by atoms with Crippen LogP contribution in [-0.2, 0) is 4.79 Å². The molecule has 2 aromatic rings. The number of pyridine rings is 1. The molecular weight excluding hydrogens is 264 g/mol. The smallest absolute Gasteiger partial charge is 0.226 e. The molecule has 0 N–H and O–H groups in total. The number of nitrogens with zero attached hydrogens (tertiary/aromatic N) is 2. The van der Waals surface area contributed by atoms with Gasteiger partial charge < -0.3 is 9.64 Å². The van der Waals surface area contributed by atoms with E-state index in [1.807, 2.05) is 47.4 Å². The maximum Gasteiger partial charge on any atom is 0.226 e. The predicted octanol–water partition coefficient (Wildman–Crippen LogP) is 2.48. The van der Waals surface area contributed by atoms with E-state index in [2.05, 4.69) is 4.98 Å². The molecule has 1 fully saturated rings. The lowest BCUT2D eigenvalue weighted by Gasteiger charge is -2.39. The first-order valence-corrected chi connectivity index (χ1v) is 7.18.